The van der Waals surface area contributed by atoms with Crippen molar-refractivity contribution >= 4 is 23.2 Å². The van der Waals surface area contributed by atoms with Crippen LogP contribution in [0.25, 0.3) is 0 Å². The number of aryl methyl sites for hydroxylation is 1. The highest BCUT2D eigenvalue weighted by Crippen LogP contribution is 2.26. The predicted octanol–water partition coefficient (Wildman–Crippen LogP) is 4.27. The van der Waals surface area contributed by atoms with E-state index in [9.17, 15) is 9.59 Å². The van der Waals surface area contributed by atoms with Gasteiger partial charge in [0, 0.05) is 11.3 Å². The molecule has 0 saturated carbocycles. The Hall–Kier alpha value is -3.80. The molecule has 0 aromatic heterocycles. The van der Waals surface area contributed by atoms with Crippen molar-refractivity contribution in [3.63, 3.8) is 0 Å². The summed E-state index contributed by atoms with van der Waals surface area (Å²) in [6.07, 6.45) is 0. The summed E-state index contributed by atoms with van der Waals surface area (Å²) in [4.78, 5) is 24.4. The van der Waals surface area contributed by atoms with Crippen LogP contribution >= 0.6 is 0 Å². The van der Waals surface area contributed by atoms with Gasteiger partial charge in [0.2, 0.25) is 0 Å². The van der Waals surface area contributed by atoms with Crippen LogP contribution in [0.2, 0.25) is 0 Å². The molecule has 3 aromatic rings. The van der Waals surface area contributed by atoms with E-state index in [0.717, 1.165) is 5.56 Å². The Kier molecular flexibility index (Phi) is 6.47. The topological polar surface area (TPSA) is 76.7 Å². The molecule has 3 aromatic carbocycles. The minimum Gasteiger partial charge on any atom is -0.495 e. The third kappa shape index (κ3) is 5.59. The lowest BCUT2D eigenvalue weighted by atomic mass is 10.1. The van der Waals surface area contributed by atoms with Gasteiger partial charge in [-0.2, -0.15) is 0 Å². The molecule has 2 amide bonds. The third-order valence-corrected chi connectivity index (χ3v) is 4.15. The molecular formula is C23H22N2O4. The lowest BCUT2D eigenvalue weighted by Gasteiger charge is -2.11. The highest BCUT2D eigenvalue weighted by Gasteiger charge is 2.11. The van der Waals surface area contributed by atoms with E-state index in [1.165, 1.54) is 0 Å². The maximum atomic E-state index is 12.5. The second-order valence-electron chi connectivity index (χ2n) is 6.39. The normalized spacial score (nSPS) is 10.1. The van der Waals surface area contributed by atoms with Gasteiger partial charge >= 0.3 is 0 Å². The van der Waals surface area contributed by atoms with Gasteiger partial charge in [0.1, 0.15) is 11.5 Å². The smallest absolute Gasteiger partial charge is 0.262 e. The molecular weight excluding hydrogens is 368 g/mol. The lowest BCUT2D eigenvalue weighted by Crippen LogP contribution is -2.20. The van der Waals surface area contributed by atoms with Crippen LogP contribution in [-0.2, 0) is 4.79 Å². The van der Waals surface area contributed by atoms with Gasteiger partial charge in [-0.05, 0) is 61.0 Å². The molecule has 0 bridgehead atoms. The van der Waals surface area contributed by atoms with Gasteiger partial charge in [0.05, 0.1) is 12.8 Å². The molecule has 0 aliphatic heterocycles. The lowest BCUT2D eigenvalue weighted by molar-refractivity contribution is -0.118. The van der Waals surface area contributed by atoms with Crippen LogP contribution in [0, 0.1) is 6.92 Å². The fraction of sp³-hybridized carbons (Fsp3) is 0.130. The summed E-state index contributed by atoms with van der Waals surface area (Å²) >= 11 is 0. The summed E-state index contributed by atoms with van der Waals surface area (Å²) in [6, 6.07) is 21.3. The van der Waals surface area contributed by atoms with E-state index in [-0.39, 0.29) is 18.4 Å². The Morgan fingerprint density at radius 1 is 0.897 bits per heavy atom. The number of para-hydroxylation sites is 1. The molecule has 0 fully saturated rings. The summed E-state index contributed by atoms with van der Waals surface area (Å²) < 4.78 is 10.8. The predicted molar refractivity (Wildman–Crippen MR) is 113 cm³/mol. The van der Waals surface area contributed by atoms with Crippen molar-refractivity contribution in [3.05, 3.63) is 83.9 Å². The number of nitrogens with one attached hydrogen (secondary N) is 2. The molecule has 2 N–H and O–H groups in total. The molecule has 6 heteroatoms. The molecule has 0 unspecified atom stereocenters. The minimum absolute atomic E-state index is 0.124. The number of benzene rings is 3. The van der Waals surface area contributed by atoms with E-state index in [0.29, 0.717) is 28.4 Å². The van der Waals surface area contributed by atoms with Crippen molar-refractivity contribution in [2.24, 2.45) is 0 Å². The molecule has 0 spiro atoms. The molecule has 29 heavy (non-hydrogen) atoms. The second-order valence-corrected chi connectivity index (χ2v) is 6.39. The molecule has 0 heterocycles. The van der Waals surface area contributed by atoms with Crippen molar-refractivity contribution in [2.45, 2.75) is 6.92 Å². The molecule has 3 rings (SSSR count). The van der Waals surface area contributed by atoms with Gasteiger partial charge in [-0.15, -0.1) is 0 Å². The Morgan fingerprint density at radius 2 is 1.62 bits per heavy atom. The number of anilines is 2. The summed E-state index contributed by atoms with van der Waals surface area (Å²) in [5.74, 6) is 0.568. The van der Waals surface area contributed by atoms with E-state index in [2.05, 4.69) is 10.6 Å². The highest BCUT2D eigenvalue weighted by molar-refractivity contribution is 6.05. The van der Waals surface area contributed by atoms with Crippen molar-refractivity contribution in [1.82, 2.24) is 0 Å². The third-order valence-electron chi connectivity index (χ3n) is 4.15. The SMILES string of the molecule is COc1ccc(C)cc1NC(=O)c1ccc(OCC(=O)Nc2ccccc2)cc1. The number of hydrogen-bond acceptors (Lipinski definition) is 4. The molecule has 0 saturated heterocycles. The van der Waals surface area contributed by atoms with Crippen molar-refractivity contribution in [3.8, 4) is 11.5 Å². The largest absolute Gasteiger partial charge is 0.495 e. The highest BCUT2D eigenvalue weighted by atomic mass is 16.5. The van der Waals surface area contributed by atoms with Crippen LogP contribution < -0.4 is 20.1 Å². The number of hydrogen-bond donors (Lipinski definition) is 2. The summed E-state index contributed by atoms with van der Waals surface area (Å²) in [5.41, 5.74) is 2.79. The van der Waals surface area contributed by atoms with Gasteiger partial charge in [-0.3, -0.25) is 9.59 Å². The second kappa shape index (κ2) is 9.41. The van der Waals surface area contributed by atoms with E-state index < -0.39 is 0 Å². The van der Waals surface area contributed by atoms with Crippen molar-refractivity contribution in [1.29, 1.82) is 0 Å². The van der Waals surface area contributed by atoms with Crippen LogP contribution in [0.5, 0.6) is 11.5 Å². The monoisotopic (exact) mass is 390 g/mol. The van der Waals surface area contributed by atoms with Crippen LogP contribution in [0.15, 0.2) is 72.8 Å². The fourth-order valence-electron chi connectivity index (χ4n) is 2.68. The molecule has 148 valence electrons. The van der Waals surface area contributed by atoms with Gasteiger partial charge in [-0.1, -0.05) is 24.3 Å². The van der Waals surface area contributed by atoms with E-state index >= 15 is 0 Å². The first-order valence-corrected chi connectivity index (χ1v) is 9.09. The molecule has 0 aliphatic rings. The van der Waals surface area contributed by atoms with E-state index in [1.807, 2.05) is 43.3 Å². The van der Waals surface area contributed by atoms with Crippen LogP contribution in [0.3, 0.4) is 0 Å². The maximum Gasteiger partial charge on any atom is 0.262 e. The quantitative estimate of drug-likeness (QED) is 0.632. The van der Waals surface area contributed by atoms with Crippen LogP contribution in [-0.4, -0.2) is 25.5 Å². The summed E-state index contributed by atoms with van der Waals surface area (Å²) in [5, 5.41) is 5.59. The first-order valence-electron chi connectivity index (χ1n) is 9.09. The van der Waals surface area contributed by atoms with Gasteiger partial charge in [-0.25, -0.2) is 0 Å². The average Bonchev–Trinajstić information content (AvgIpc) is 2.73. The first kappa shape index (κ1) is 19.9. The molecule has 0 radical (unpaired) electrons. The molecule has 0 atom stereocenters. The standard InChI is InChI=1S/C23H22N2O4/c1-16-8-13-21(28-2)20(14-16)25-23(27)17-9-11-19(12-10-17)29-15-22(26)24-18-6-4-3-5-7-18/h3-14H,15H2,1-2H3,(H,24,26)(H,25,27). The Labute approximate surface area is 169 Å². The Morgan fingerprint density at radius 3 is 2.31 bits per heavy atom. The average molecular weight is 390 g/mol. The Balaban J connectivity index is 1.56. The number of amides is 2. The van der Waals surface area contributed by atoms with Crippen LogP contribution in [0.4, 0.5) is 11.4 Å². The summed E-state index contributed by atoms with van der Waals surface area (Å²) in [7, 11) is 1.56. The number of carbonyl (C=O) groups excluding carboxylic acids is 2. The van der Waals surface area contributed by atoms with Crippen LogP contribution in [0.1, 0.15) is 15.9 Å². The van der Waals surface area contributed by atoms with E-state index in [1.54, 1.807) is 43.5 Å². The van der Waals surface area contributed by atoms with Crippen molar-refractivity contribution in [2.75, 3.05) is 24.4 Å². The number of ether oxygens (including phenoxy) is 2. The zero-order valence-corrected chi connectivity index (χ0v) is 16.3. The first-order chi connectivity index (χ1) is 14.0. The Bertz CT molecular complexity index is 986. The van der Waals surface area contributed by atoms with Crippen molar-refractivity contribution < 1.29 is 19.1 Å². The maximum absolute atomic E-state index is 12.5. The van der Waals surface area contributed by atoms with Gasteiger partial charge < -0.3 is 20.1 Å². The van der Waals surface area contributed by atoms with Gasteiger partial charge in [0.25, 0.3) is 11.8 Å². The fourth-order valence-corrected chi connectivity index (χ4v) is 2.68. The number of carbonyl (C=O) groups is 2. The molecule has 0 aliphatic carbocycles. The zero-order valence-electron chi connectivity index (χ0n) is 16.3. The summed E-state index contributed by atoms with van der Waals surface area (Å²) in [6.45, 7) is 1.82. The zero-order chi connectivity index (χ0) is 20.6. The van der Waals surface area contributed by atoms with Gasteiger partial charge in [0.15, 0.2) is 6.61 Å². The number of methoxy groups -OCH3 is 1. The molecule has 6 nitrogen and oxygen atoms in total. The number of rotatable bonds is 7. The van der Waals surface area contributed by atoms with E-state index in [4.69, 9.17) is 9.47 Å². The minimum atomic E-state index is -0.262.